The van der Waals surface area contributed by atoms with Gasteiger partial charge in [0.15, 0.2) is 0 Å². The number of ether oxygens (including phenoxy) is 1. The van der Waals surface area contributed by atoms with Crippen molar-refractivity contribution in [2.75, 3.05) is 52.5 Å². The summed E-state index contributed by atoms with van der Waals surface area (Å²) in [6.07, 6.45) is 0. The molecular formula is C18H24FN3O3. The fraction of sp³-hybridized carbons (Fsp3) is 0.556. The van der Waals surface area contributed by atoms with Crippen LogP contribution < -0.4 is 0 Å². The highest BCUT2D eigenvalue weighted by Gasteiger charge is 2.30. The first-order chi connectivity index (χ1) is 12.1. The van der Waals surface area contributed by atoms with Crippen LogP contribution in [-0.2, 0) is 9.53 Å². The molecule has 2 amide bonds. The van der Waals surface area contributed by atoms with Gasteiger partial charge in [-0.25, -0.2) is 4.39 Å². The molecule has 0 aromatic heterocycles. The summed E-state index contributed by atoms with van der Waals surface area (Å²) < 4.78 is 18.6. The Bertz CT molecular complexity index is 626. The maximum atomic E-state index is 13.3. The van der Waals surface area contributed by atoms with Crippen molar-refractivity contribution >= 4 is 11.8 Å². The molecule has 0 unspecified atom stereocenters. The summed E-state index contributed by atoms with van der Waals surface area (Å²) in [5.41, 5.74) is 0.367. The minimum atomic E-state index is -0.408. The van der Waals surface area contributed by atoms with Crippen LogP contribution in [0.1, 0.15) is 17.3 Å². The number of carbonyl (C=O) groups is 2. The third-order valence-electron chi connectivity index (χ3n) is 4.90. The largest absolute Gasteiger partial charge is 0.378 e. The van der Waals surface area contributed by atoms with E-state index in [4.69, 9.17) is 4.74 Å². The number of carbonyl (C=O) groups excluding carboxylic acids is 2. The lowest BCUT2D eigenvalue weighted by atomic mass is 10.1. The number of nitrogens with zero attached hydrogens (tertiary/aromatic N) is 3. The van der Waals surface area contributed by atoms with E-state index in [2.05, 4.69) is 4.90 Å². The molecule has 25 heavy (non-hydrogen) atoms. The maximum Gasteiger partial charge on any atom is 0.254 e. The van der Waals surface area contributed by atoms with E-state index in [-0.39, 0.29) is 17.9 Å². The van der Waals surface area contributed by atoms with E-state index in [0.717, 1.165) is 0 Å². The Labute approximate surface area is 147 Å². The molecule has 1 aromatic rings. The maximum absolute atomic E-state index is 13.3. The van der Waals surface area contributed by atoms with Gasteiger partial charge in [-0.3, -0.25) is 14.5 Å². The summed E-state index contributed by atoms with van der Waals surface area (Å²) in [6.45, 7) is 6.73. The fourth-order valence-electron chi connectivity index (χ4n) is 3.32. The van der Waals surface area contributed by atoms with Crippen molar-refractivity contribution in [3.63, 3.8) is 0 Å². The Balaban J connectivity index is 1.54. The Morgan fingerprint density at radius 1 is 1.04 bits per heavy atom. The van der Waals surface area contributed by atoms with Gasteiger partial charge in [0.1, 0.15) is 5.82 Å². The zero-order valence-electron chi connectivity index (χ0n) is 14.5. The number of halogens is 1. The Morgan fingerprint density at radius 2 is 1.72 bits per heavy atom. The van der Waals surface area contributed by atoms with Gasteiger partial charge in [0.05, 0.1) is 19.3 Å². The number of hydrogen-bond acceptors (Lipinski definition) is 4. The number of piperazine rings is 1. The summed E-state index contributed by atoms with van der Waals surface area (Å²) in [5, 5.41) is 0. The van der Waals surface area contributed by atoms with Crippen molar-refractivity contribution < 1.29 is 18.7 Å². The van der Waals surface area contributed by atoms with E-state index in [1.807, 2.05) is 11.8 Å². The minimum absolute atomic E-state index is 0.119. The van der Waals surface area contributed by atoms with Crippen molar-refractivity contribution in [3.05, 3.63) is 35.6 Å². The highest BCUT2D eigenvalue weighted by atomic mass is 19.1. The quantitative estimate of drug-likeness (QED) is 0.811. The lowest BCUT2D eigenvalue weighted by molar-refractivity contribution is -0.141. The van der Waals surface area contributed by atoms with Gasteiger partial charge >= 0.3 is 0 Å². The second-order valence-electron chi connectivity index (χ2n) is 6.45. The Hall–Kier alpha value is -1.99. The molecule has 0 radical (unpaired) electrons. The fourth-order valence-corrected chi connectivity index (χ4v) is 3.32. The van der Waals surface area contributed by atoms with Crippen LogP contribution in [0, 0.1) is 5.82 Å². The van der Waals surface area contributed by atoms with Crippen LogP contribution >= 0.6 is 0 Å². The van der Waals surface area contributed by atoms with Gasteiger partial charge < -0.3 is 14.5 Å². The molecule has 0 aliphatic carbocycles. The van der Waals surface area contributed by atoms with E-state index in [1.165, 1.54) is 12.1 Å². The molecule has 2 fully saturated rings. The smallest absolute Gasteiger partial charge is 0.254 e. The minimum Gasteiger partial charge on any atom is -0.378 e. The first kappa shape index (κ1) is 17.8. The second-order valence-corrected chi connectivity index (χ2v) is 6.45. The number of benzene rings is 1. The van der Waals surface area contributed by atoms with Crippen LogP contribution in [0.3, 0.4) is 0 Å². The number of amides is 2. The van der Waals surface area contributed by atoms with Crippen LogP contribution in [0.4, 0.5) is 4.39 Å². The number of morpholine rings is 1. The SMILES string of the molecule is C[C@@H](C(=O)N1CCOCC1)N1CCN(C(=O)c2cccc(F)c2)CC1. The third kappa shape index (κ3) is 4.16. The average Bonchev–Trinajstić information content (AvgIpc) is 2.67. The normalized spacial score (nSPS) is 20.4. The molecule has 2 saturated heterocycles. The summed E-state index contributed by atoms with van der Waals surface area (Å²) in [6, 6.07) is 5.56. The molecule has 2 aliphatic rings. The van der Waals surface area contributed by atoms with E-state index in [9.17, 15) is 14.0 Å². The molecule has 0 N–H and O–H groups in total. The van der Waals surface area contributed by atoms with Gasteiger partial charge in [-0.2, -0.15) is 0 Å². The van der Waals surface area contributed by atoms with E-state index in [1.54, 1.807) is 17.0 Å². The summed E-state index contributed by atoms with van der Waals surface area (Å²) >= 11 is 0. The van der Waals surface area contributed by atoms with E-state index < -0.39 is 5.82 Å². The molecule has 3 rings (SSSR count). The van der Waals surface area contributed by atoms with Crippen LogP contribution in [0.15, 0.2) is 24.3 Å². The second kappa shape index (κ2) is 7.93. The lowest BCUT2D eigenvalue weighted by Gasteiger charge is -2.39. The van der Waals surface area contributed by atoms with Crippen LogP contribution in [0.2, 0.25) is 0 Å². The van der Waals surface area contributed by atoms with Gasteiger partial charge in [-0.1, -0.05) is 6.07 Å². The monoisotopic (exact) mass is 349 g/mol. The molecule has 2 aliphatic heterocycles. The molecule has 0 bridgehead atoms. The van der Waals surface area contributed by atoms with Crippen molar-refractivity contribution in [2.24, 2.45) is 0 Å². The number of hydrogen-bond donors (Lipinski definition) is 0. The van der Waals surface area contributed by atoms with Gasteiger partial charge in [0.2, 0.25) is 5.91 Å². The number of rotatable bonds is 3. The average molecular weight is 349 g/mol. The molecule has 136 valence electrons. The van der Waals surface area contributed by atoms with Crippen molar-refractivity contribution in [1.82, 2.24) is 14.7 Å². The van der Waals surface area contributed by atoms with Crippen molar-refractivity contribution in [3.8, 4) is 0 Å². The highest BCUT2D eigenvalue weighted by molar-refractivity contribution is 5.94. The summed E-state index contributed by atoms with van der Waals surface area (Å²) in [4.78, 5) is 30.7. The van der Waals surface area contributed by atoms with Crippen LogP contribution in [0.25, 0.3) is 0 Å². The predicted octanol–water partition coefficient (Wildman–Crippen LogP) is 0.831. The predicted molar refractivity (Wildman–Crippen MR) is 90.7 cm³/mol. The van der Waals surface area contributed by atoms with E-state index >= 15 is 0 Å². The highest BCUT2D eigenvalue weighted by Crippen LogP contribution is 2.13. The molecule has 6 nitrogen and oxygen atoms in total. The van der Waals surface area contributed by atoms with Crippen molar-refractivity contribution in [2.45, 2.75) is 13.0 Å². The molecule has 2 heterocycles. The first-order valence-corrected chi connectivity index (χ1v) is 8.71. The zero-order valence-corrected chi connectivity index (χ0v) is 14.5. The van der Waals surface area contributed by atoms with Gasteiger partial charge in [-0.15, -0.1) is 0 Å². The van der Waals surface area contributed by atoms with Gasteiger partial charge in [0, 0.05) is 44.8 Å². The Morgan fingerprint density at radius 3 is 2.36 bits per heavy atom. The van der Waals surface area contributed by atoms with Gasteiger partial charge in [0.25, 0.3) is 5.91 Å². The molecule has 0 saturated carbocycles. The van der Waals surface area contributed by atoms with Crippen LogP contribution in [-0.4, -0.2) is 85.0 Å². The van der Waals surface area contributed by atoms with Gasteiger partial charge in [-0.05, 0) is 25.1 Å². The molecule has 0 spiro atoms. The lowest BCUT2D eigenvalue weighted by Crippen LogP contribution is -2.56. The van der Waals surface area contributed by atoms with Crippen molar-refractivity contribution in [1.29, 1.82) is 0 Å². The standard InChI is InChI=1S/C18H24FN3O3/c1-14(17(23)22-9-11-25-12-10-22)20-5-7-21(8-6-20)18(24)15-3-2-4-16(19)13-15/h2-4,13-14H,5-12H2,1H3/t14-/m0/s1. The molecule has 1 aromatic carbocycles. The zero-order chi connectivity index (χ0) is 17.8. The molecule has 7 heteroatoms. The molecular weight excluding hydrogens is 325 g/mol. The Kier molecular flexibility index (Phi) is 5.65. The third-order valence-corrected chi connectivity index (χ3v) is 4.90. The topological polar surface area (TPSA) is 53.1 Å². The summed E-state index contributed by atoms with van der Waals surface area (Å²) in [5.74, 6) is -0.450. The summed E-state index contributed by atoms with van der Waals surface area (Å²) in [7, 11) is 0. The van der Waals surface area contributed by atoms with E-state index in [0.29, 0.717) is 58.0 Å². The van der Waals surface area contributed by atoms with Crippen LogP contribution in [0.5, 0.6) is 0 Å². The molecule has 1 atom stereocenters. The first-order valence-electron chi connectivity index (χ1n) is 8.71.